The van der Waals surface area contributed by atoms with Crippen molar-refractivity contribution in [2.24, 2.45) is 0 Å². The second-order valence-electron chi connectivity index (χ2n) is 7.19. The summed E-state index contributed by atoms with van der Waals surface area (Å²) in [6.45, 7) is 2.96. The molecule has 0 aliphatic carbocycles. The Bertz CT molecular complexity index is 1050. The third-order valence-electron chi connectivity index (χ3n) is 5.51. The number of aromatic nitrogens is 3. The van der Waals surface area contributed by atoms with Crippen molar-refractivity contribution in [1.82, 2.24) is 19.7 Å². The van der Waals surface area contributed by atoms with Crippen LogP contribution in [0.1, 0.15) is 40.5 Å². The van der Waals surface area contributed by atoms with E-state index in [1.807, 2.05) is 4.90 Å². The monoisotopic (exact) mass is 384 g/mol. The molecule has 3 heterocycles. The molecule has 4 rings (SSSR count). The Hall–Kier alpha value is -3.16. The standard InChI is InChI=1S/C20H21FN4O3/c1-12-17(20(27)28)11-23-25(12)15-4-6-24(7-5-15)19(26)8-13-10-22-18-9-14(21)2-3-16(13)18/h2-3,9-11,15,22H,4-8H2,1H3,(H,27,28). The number of nitrogens with zero attached hydrogens (tertiary/aromatic N) is 3. The molecule has 2 N–H and O–H groups in total. The molecule has 0 saturated carbocycles. The van der Waals surface area contributed by atoms with Crippen LogP contribution in [0.2, 0.25) is 0 Å². The Morgan fingerprint density at radius 1 is 1.32 bits per heavy atom. The van der Waals surface area contributed by atoms with Crippen molar-refractivity contribution >= 4 is 22.8 Å². The molecule has 1 aliphatic heterocycles. The number of H-pyrrole nitrogens is 1. The minimum absolute atomic E-state index is 0.0343. The lowest BCUT2D eigenvalue weighted by atomic mass is 10.0. The summed E-state index contributed by atoms with van der Waals surface area (Å²) < 4.78 is 15.1. The van der Waals surface area contributed by atoms with Crippen LogP contribution in [0.25, 0.3) is 10.9 Å². The fourth-order valence-electron chi connectivity index (χ4n) is 3.94. The molecule has 1 aromatic carbocycles. The van der Waals surface area contributed by atoms with Crippen molar-refractivity contribution in [3.8, 4) is 0 Å². The molecule has 7 nitrogen and oxygen atoms in total. The van der Waals surface area contributed by atoms with Gasteiger partial charge >= 0.3 is 5.97 Å². The third kappa shape index (κ3) is 3.26. The molecule has 0 atom stereocenters. The topological polar surface area (TPSA) is 91.2 Å². The van der Waals surface area contributed by atoms with Crippen LogP contribution in [0.4, 0.5) is 4.39 Å². The van der Waals surface area contributed by atoms with Crippen molar-refractivity contribution in [2.75, 3.05) is 13.1 Å². The maximum absolute atomic E-state index is 13.3. The van der Waals surface area contributed by atoms with E-state index in [0.29, 0.717) is 24.3 Å². The smallest absolute Gasteiger partial charge is 0.339 e. The van der Waals surface area contributed by atoms with Gasteiger partial charge in [-0.1, -0.05) is 0 Å². The van der Waals surface area contributed by atoms with Gasteiger partial charge in [0.1, 0.15) is 11.4 Å². The van der Waals surface area contributed by atoms with E-state index in [9.17, 15) is 19.1 Å². The molecule has 0 radical (unpaired) electrons. The Labute approximate surface area is 160 Å². The Balaban J connectivity index is 1.40. The summed E-state index contributed by atoms with van der Waals surface area (Å²) in [5.74, 6) is -1.25. The van der Waals surface area contributed by atoms with Gasteiger partial charge in [0, 0.05) is 30.2 Å². The number of fused-ring (bicyclic) bond motifs is 1. The van der Waals surface area contributed by atoms with E-state index in [1.54, 1.807) is 23.9 Å². The third-order valence-corrected chi connectivity index (χ3v) is 5.51. The first kappa shape index (κ1) is 18.2. The average molecular weight is 384 g/mol. The number of benzene rings is 1. The lowest BCUT2D eigenvalue weighted by Crippen LogP contribution is -2.40. The highest BCUT2D eigenvalue weighted by molar-refractivity contribution is 5.89. The zero-order valence-electron chi connectivity index (χ0n) is 15.5. The lowest BCUT2D eigenvalue weighted by molar-refractivity contribution is -0.131. The number of halogens is 1. The van der Waals surface area contributed by atoms with Crippen molar-refractivity contribution in [2.45, 2.75) is 32.2 Å². The summed E-state index contributed by atoms with van der Waals surface area (Å²) in [4.78, 5) is 28.8. The minimum atomic E-state index is -0.977. The number of nitrogens with one attached hydrogen (secondary N) is 1. The zero-order valence-corrected chi connectivity index (χ0v) is 15.5. The number of carboxylic acid groups (broad SMARTS) is 1. The molecule has 146 valence electrons. The van der Waals surface area contributed by atoms with Gasteiger partial charge in [0.2, 0.25) is 5.91 Å². The molecule has 0 spiro atoms. The number of hydrogen-bond donors (Lipinski definition) is 2. The largest absolute Gasteiger partial charge is 0.478 e. The van der Waals surface area contributed by atoms with Crippen LogP contribution >= 0.6 is 0 Å². The highest BCUT2D eigenvalue weighted by Crippen LogP contribution is 2.26. The summed E-state index contributed by atoms with van der Waals surface area (Å²) in [6.07, 6.45) is 4.86. The summed E-state index contributed by atoms with van der Waals surface area (Å²) in [5, 5.41) is 14.3. The first-order chi connectivity index (χ1) is 13.4. The van der Waals surface area contributed by atoms with E-state index in [0.717, 1.165) is 23.8 Å². The summed E-state index contributed by atoms with van der Waals surface area (Å²) in [5.41, 5.74) is 2.40. The summed E-state index contributed by atoms with van der Waals surface area (Å²) >= 11 is 0. The van der Waals surface area contributed by atoms with Crippen molar-refractivity contribution in [3.63, 3.8) is 0 Å². The molecule has 8 heteroatoms. The van der Waals surface area contributed by atoms with Gasteiger partial charge in [-0.25, -0.2) is 9.18 Å². The lowest BCUT2D eigenvalue weighted by Gasteiger charge is -2.32. The molecule has 3 aromatic rings. The van der Waals surface area contributed by atoms with E-state index >= 15 is 0 Å². The van der Waals surface area contributed by atoms with Crippen LogP contribution in [0, 0.1) is 12.7 Å². The first-order valence-corrected chi connectivity index (χ1v) is 9.24. The number of carboxylic acids is 1. The first-order valence-electron chi connectivity index (χ1n) is 9.24. The van der Waals surface area contributed by atoms with E-state index in [4.69, 9.17) is 0 Å². The molecular formula is C20H21FN4O3. The predicted molar refractivity (Wildman–Crippen MR) is 101 cm³/mol. The highest BCUT2D eigenvalue weighted by atomic mass is 19.1. The number of hydrogen-bond acceptors (Lipinski definition) is 3. The molecule has 2 aromatic heterocycles. The molecule has 1 amide bonds. The van der Waals surface area contributed by atoms with Crippen LogP contribution in [0.3, 0.4) is 0 Å². The second-order valence-corrected chi connectivity index (χ2v) is 7.19. The van der Waals surface area contributed by atoms with E-state index in [-0.39, 0.29) is 29.8 Å². The number of aromatic amines is 1. The Morgan fingerprint density at radius 3 is 2.75 bits per heavy atom. The van der Waals surface area contributed by atoms with Gasteiger partial charge < -0.3 is 15.0 Å². The van der Waals surface area contributed by atoms with Gasteiger partial charge in [0.15, 0.2) is 0 Å². The highest BCUT2D eigenvalue weighted by Gasteiger charge is 2.27. The van der Waals surface area contributed by atoms with Gasteiger partial charge in [-0.2, -0.15) is 5.10 Å². The van der Waals surface area contributed by atoms with Gasteiger partial charge in [-0.15, -0.1) is 0 Å². The maximum Gasteiger partial charge on any atom is 0.339 e. The van der Waals surface area contributed by atoms with Crippen molar-refractivity contribution < 1.29 is 19.1 Å². The van der Waals surface area contributed by atoms with Crippen LogP contribution < -0.4 is 0 Å². The molecule has 1 saturated heterocycles. The number of piperidine rings is 1. The Kier molecular flexibility index (Phi) is 4.62. The number of carbonyl (C=O) groups excluding carboxylic acids is 1. The molecular weight excluding hydrogens is 363 g/mol. The zero-order chi connectivity index (χ0) is 19.8. The van der Waals surface area contributed by atoms with Crippen LogP contribution in [0.15, 0.2) is 30.6 Å². The minimum Gasteiger partial charge on any atom is -0.478 e. The molecule has 28 heavy (non-hydrogen) atoms. The van der Waals surface area contributed by atoms with Crippen LogP contribution in [-0.2, 0) is 11.2 Å². The number of likely N-dealkylation sites (tertiary alicyclic amines) is 1. The summed E-state index contributed by atoms with van der Waals surface area (Å²) in [6, 6.07) is 4.60. The number of amides is 1. The normalized spacial score (nSPS) is 15.3. The number of carbonyl (C=O) groups is 2. The molecule has 0 bridgehead atoms. The number of rotatable bonds is 4. The van der Waals surface area contributed by atoms with E-state index in [2.05, 4.69) is 10.1 Å². The van der Waals surface area contributed by atoms with E-state index < -0.39 is 5.97 Å². The van der Waals surface area contributed by atoms with Gasteiger partial charge in [0.25, 0.3) is 0 Å². The SMILES string of the molecule is Cc1c(C(=O)O)cnn1C1CCN(C(=O)Cc2c[nH]c3cc(F)ccc23)CC1. The average Bonchev–Trinajstić information content (AvgIpc) is 3.25. The molecule has 0 unspecified atom stereocenters. The fraction of sp³-hybridized carbons (Fsp3) is 0.350. The fourth-order valence-corrected chi connectivity index (χ4v) is 3.94. The second kappa shape index (κ2) is 7.10. The van der Waals surface area contributed by atoms with Gasteiger partial charge in [0.05, 0.1) is 24.4 Å². The van der Waals surface area contributed by atoms with Crippen LogP contribution in [0.5, 0.6) is 0 Å². The predicted octanol–water partition coefficient (Wildman–Crippen LogP) is 2.92. The van der Waals surface area contributed by atoms with E-state index in [1.165, 1.54) is 18.3 Å². The van der Waals surface area contributed by atoms with Gasteiger partial charge in [-0.05, 0) is 43.5 Å². The van der Waals surface area contributed by atoms with Gasteiger partial charge in [-0.3, -0.25) is 9.48 Å². The quantitative estimate of drug-likeness (QED) is 0.724. The summed E-state index contributed by atoms with van der Waals surface area (Å²) in [7, 11) is 0. The van der Waals surface area contributed by atoms with Crippen molar-refractivity contribution in [1.29, 1.82) is 0 Å². The Morgan fingerprint density at radius 2 is 2.07 bits per heavy atom. The molecule has 1 aliphatic rings. The van der Waals surface area contributed by atoms with Crippen LogP contribution in [-0.4, -0.2) is 49.7 Å². The maximum atomic E-state index is 13.3. The number of aromatic carboxylic acids is 1. The van der Waals surface area contributed by atoms with Crippen molar-refractivity contribution in [3.05, 3.63) is 53.2 Å². The molecule has 1 fully saturated rings.